The molecule has 1 heterocycles. The molecule has 0 aliphatic carbocycles. The van der Waals surface area contributed by atoms with Crippen molar-refractivity contribution in [1.82, 2.24) is 4.57 Å². The molecule has 0 aliphatic rings. The molecule has 8 heteroatoms. The lowest BCUT2D eigenvalue weighted by atomic mass is 10.2. The Hall–Kier alpha value is -2.87. The third kappa shape index (κ3) is 3.52. The lowest BCUT2D eigenvalue weighted by Crippen LogP contribution is -2.13. The van der Waals surface area contributed by atoms with Gasteiger partial charge in [-0.15, -0.1) is 0 Å². The maximum absolute atomic E-state index is 12.8. The highest BCUT2D eigenvalue weighted by Crippen LogP contribution is 2.40. The summed E-state index contributed by atoms with van der Waals surface area (Å²) in [5.74, 6) is 1.13. The average molecular weight is 390 g/mol. The van der Waals surface area contributed by atoms with Crippen LogP contribution in [0.25, 0.3) is 10.9 Å². The number of ether oxygens (including phenoxy) is 3. The molecule has 0 fully saturated rings. The topological polar surface area (TPSA) is 78.8 Å². The second kappa shape index (κ2) is 7.40. The van der Waals surface area contributed by atoms with E-state index in [2.05, 4.69) is 9.29 Å². The van der Waals surface area contributed by atoms with Crippen LogP contribution in [0.4, 0.5) is 5.69 Å². The first-order valence-electron chi connectivity index (χ1n) is 8.35. The quantitative estimate of drug-likeness (QED) is 0.668. The number of sulfonamides is 1. The summed E-state index contributed by atoms with van der Waals surface area (Å²) >= 11 is 0. The average Bonchev–Trinajstić information content (AvgIpc) is 3.09. The summed E-state index contributed by atoms with van der Waals surface area (Å²) < 4.78 is 46.1. The van der Waals surface area contributed by atoms with Gasteiger partial charge in [0, 0.05) is 35.8 Å². The highest BCUT2D eigenvalue weighted by Gasteiger charge is 2.19. The Morgan fingerprint density at radius 1 is 0.963 bits per heavy atom. The molecule has 3 rings (SSSR count). The largest absolute Gasteiger partial charge is 0.493 e. The Balaban J connectivity index is 1.99. The van der Waals surface area contributed by atoms with E-state index in [9.17, 15) is 8.42 Å². The molecule has 7 nitrogen and oxygen atoms in total. The molecular formula is C19H22N2O5S. The van der Waals surface area contributed by atoms with Crippen LogP contribution >= 0.6 is 0 Å². The van der Waals surface area contributed by atoms with Crippen molar-refractivity contribution >= 4 is 26.6 Å². The molecule has 0 spiro atoms. The van der Waals surface area contributed by atoms with Crippen LogP contribution in [-0.2, 0) is 16.6 Å². The summed E-state index contributed by atoms with van der Waals surface area (Å²) in [6, 6.07) is 10.0. The minimum Gasteiger partial charge on any atom is -0.493 e. The van der Waals surface area contributed by atoms with Crippen molar-refractivity contribution in [3.63, 3.8) is 0 Å². The summed E-state index contributed by atoms with van der Waals surface area (Å²) in [4.78, 5) is 0.178. The summed E-state index contributed by atoms with van der Waals surface area (Å²) in [5, 5.41) is 0.865. The van der Waals surface area contributed by atoms with Gasteiger partial charge in [0.1, 0.15) is 0 Å². The number of hydrogen-bond acceptors (Lipinski definition) is 5. The monoisotopic (exact) mass is 390 g/mol. The predicted molar refractivity (Wildman–Crippen MR) is 105 cm³/mol. The molecule has 0 bridgehead atoms. The Labute approximate surface area is 158 Å². The van der Waals surface area contributed by atoms with Gasteiger partial charge in [0.25, 0.3) is 10.0 Å². The van der Waals surface area contributed by atoms with Gasteiger partial charge in [-0.2, -0.15) is 0 Å². The van der Waals surface area contributed by atoms with Crippen LogP contribution in [0.5, 0.6) is 17.2 Å². The molecule has 1 N–H and O–H groups in total. The minimum atomic E-state index is -3.78. The van der Waals surface area contributed by atoms with Crippen LogP contribution in [0.3, 0.4) is 0 Å². The second-order valence-corrected chi connectivity index (χ2v) is 7.52. The molecule has 0 atom stereocenters. The van der Waals surface area contributed by atoms with Crippen LogP contribution in [0.15, 0.2) is 47.5 Å². The lowest BCUT2D eigenvalue weighted by Gasteiger charge is -2.15. The number of aromatic nitrogens is 1. The number of fused-ring (bicyclic) bond motifs is 1. The van der Waals surface area contributed by atoms with Crippen molar-refractivity contribution in [3.8, 4) is 17.2 Å². The Bertz CT molecular complexity index is 1050. The molecule has 0 saturated carbocycles. The van der Waals surface area contributed by atoms with Gasteiger partial charge >= 0.3 is 0 Å². The van der Waals surface area contributed by atoms with E-state index in [-0.39, 0.29) is 4.90 Å². The van der Waals surface area contributed by atoms with Gasteiger partial charge in [0.15, 0.2) is 11.5 Å². The fourth-order valence-corrected chi connectivity index (χ4v) is 4.05. The lowest BCUT2D eigenvalue weighted by molar-refractivity contribution is 0.325. The first kappa shape index (κ1) is 18.9. The molecule has 2 aromatic carbocycles. The molecule has 27 heavy (non-hydrogen) atoms. The van der Waals surface area contributed by atoms with Crippen molar-refractivity contribution in [2.45, 2.75) is 18.4 Å². The zero-order chi connectivity index (χ0) is 19.6. The van der Waals surface area contributed by atoms with E-state index in [1.165, 1.54) is 21.3 Å². The number of hydrogen-bond donors (Lipinski definition) is 1. The van der Waals surface area contributed by atoms with Crippen molar-refractivity contribution < 1.29 is 22.6 Å². The normalized spacial score (nSPS) is 11.4. The van der Waals surface area contributed by atoms with Gasteiger partial charge in [0.05, 0.1) is 31.9 Å². The Morgan fingerprint density at radius 3 is 2.19 bits per heavy atom. The molecule has 1 aromatic heterocycles. The summed E-state index contributed by atoms with van der Waals surface area (Å²) in [6.45, 7) is 2.86. The third-order valence-electron chi connectivity index (χ3n) is 4.31. The smallest absolute Gasteiger partial charge is 0.261 e. The van der Waals surface area contributed by atoms with Gasteiger partial charge in [-0.25, -0.2) is 8.42 Å². The van der Waals surface area contributed by atoms with Crippen molar-refractivity contribution in [2.24, 2.45) is 0 Å². The summed E-state index contributed by atoms with van der Waals surface area (Å²) in [5.41, 5.74) is 1.31. The number of nitrogens with zero attached hydrogens (tertiary/aromatic N) is 1. The SMILES string of the molecule is CCn1ccc2cc(S(=O)(=O)Nc3cc(OC)c(OC)c(OC)c3)ccc21. The summed E-state index contributed by atoms with van der Waals surface area (Å²) in [7, 11) is 0.653. The Kier molecular flexibility index (Phi) is 5.18. The van der Waals surface area contributed by atoms with E-state index in [1.807, 2.05) is 25.3 Å². The molecule has 0 radical (unpaired) electrons. The second-order valence-electron chi connectivity index (χ2n) is 5.84. The van der Waals surface area contributed by atoms with E-state index in [1.54, 1.807) is 24.3 Å². The molecular weight excluding hydrogens is 368 g/mol. The van der Waals surface area contributed by atoms with E-state index >= 15 is 0 Å². The highest BCUT2D eigenvalue weighted by molar-refractivity contribution is 7.92. The van der Waals surface area contributed by atoms with Crippen molar-refractivity contribution in [3.05, 3.63) is 42.6 Å². The van der Waals surface area contributed by atoms with Crippen LogP contribution in [0.1, 0.15) is 6.92 Å². The van der Waals surface area contributed by atoms with Crippen LogP contribution in [-0.4, -0.2) is 34.3 Å². The number of rotatable bonds is 7. The number of benzene rings is 2. The van der Waals surface area contributed by atoms with Gasteiger partial charge in [-0.05, 0) is 31.2 Å². The van der Waals surface area contributed by atoms with E-state index < -0.39 is 10.0 Å². The zero-order valence-corrected chi connectivity index (χ0v) is 16.5. The number of nitrogens with one attached hydrogen (secondary N) is 1. The predicted octanol–water partition coefficient (Wildman–Crippen LogP) is 3.49. The standard InChI is InChI=1S/C19H22N2O5S/c1-5-21-9-8-13-10-15(6-7-16(13)21)27(22,23)20-14-11-17(24-2)19(26-4)18(12-14)25-3/h6-12,20H,5H2,1-4H3. The molecule has 0 saturated heterocycles. The fraction of sp³-hybridized carbons (Fsp3) is 0.263. The molecule has 0 amide bonds. The first-order valence-corrected chi connectivity index (χ1v) is 9.83. The van der Waals surface area contributed by atoms with E-state index in [0.29, 0.717) is 22.9 Å². The summed E-state index contributed by atoms with van der Waals surface area (Å²) in [6.07, 6.45) is 1.94. The molecule has 3 aromatic rings. The maximum Gasteiger partial charge on any atom is 0.261 e. The van der Waals surface area contributed by atoms with E-state index in [0.717, 1.165) is 17.4 Å². The number of aryl methyl sites for hydroxylation is 1. The van der Waals surface area contributed by atoms with Gasteiger partial charge in [-0.3, -0.25) is 4.72 Å². The molecule has 0 unspecified atom stereocenters. The maximum atomic E-state index is 12.8. The van der Waals surface area contributed by atoms with E-state index in [4.69, 9.17) is 14.2 Å². The van der Waals surface area contributed by atoms with Crippen LogP contribution in [0.2, 0.25) is 0 Å². The van der Waals surface area contributed by atoms with Gasteiger partial charge < -0.3 is 18.8 Å². The van der Waals surface area contributed by atoms with Crippen molar-refractivity contribution in [2.75, 3.05) is 26.1 Å². The third-order valence-corrected chi connectivity index (χ3v) is 5.69. The van der Waals surface area contributed by atoms with Gasteiger partial charge in [-0.1, -0.05) is 0 Å². The first-order chi connectivity index (χ1) is 12.9. The number of anilines is 1. The minimum absolute atomic E-state index is 0.178. The zero-order valence-electron chi connectivity index (χ0n) is 15.6. The molecule has 144 valence electrons. The van der Waals surface area contributed by atoms with Crippen LogP contribution < -0.4 is 18.9 Å². The highest BCUT2D eigenvalue weighted by atomic mass is 32.2. The fourth-order valence-electron chi connectivity index (χ4n) is 2.98. The number of methoxy groups -OCH3 is 3. The molecule has 0 aliphatic heterocycles. The van der Waals surface area contributed by atoms with Crippen molar-refractivity contribution in [1.29, 1.82) is 0 Å². The Morgan fingerprint density at radius 2 is 1.63 bits per heavy atom. The van der Waals surface area contributed by atoms with Gasteiger partial charge in [0.2, 0.25) is 5.75 Å². The van der Waals surface area contributed by atoms with Crippen LogP contribution in [0, 0.1) is 0 Å².